The Balaban J connectivity index is 2.00. The number of halogens is 1. The highest BCUT2D eigenvalue weighted by atomic mass is 35.5. The topological polar surface area (TPSA) is 62.9 Å². The predicted molar refractivity (Wildman–Crippen MR) is 93.6 cm³/mol. The van der Waals surface area contributed by atoms with E-state index in [9.17, 15) is 9.90 Å². The second kappa shape index (κ2) is 7.35. The first kappa shape index (κ1) is 17.8. The first-order valence-corrected chi connectivity index (χ1v) is 7.60. The molecule has 2 aromatic carbocycles. The zero-order valence-corrected chi connectivity index (χ0v) is 14.1. The van der Waals surface area contributed by atoms with E-state index in [1.165, 1.54) is 19.1 Å². The van der Waals surface area contributed by atoms with Crippen LogP contribution >= 0.6 is 11.6 Å². The van der Waals surface area contributed by atoms with Gasteiger partial charge in [0.2, 0.25) is 5.69 Å². The number of nitrogens with zero attached hydrogens (tertiary/aromatic N) is 1. The van der Waals surface area contributed by atoms with Gasteiger partial charge in [0.05, 0.1) is 6.57 Å². The van der Waals surface area contributed by atoms with Crippen molar-refractivity contribution in [2.45, 2.75) is 19.4 Å². The summed E-state index contributed by atoms with van der Waals surface area (Å²) in [5, 5.41) is 13.1. The molecule has 0 aliphatic heterocycles. The first-order valence-electron chi connectivity index (χ1n) is 7.22. The highest BCUT2D eigenvalue weighted by molar-refractivity contribution is 6.33. The maximum absolute atomic E-state index is 12.2. The van der Waals surface area contributed by atoms with Crippen molar-refractivity contribution >= 4 is 28.9 Å². The van der Waals surface area contributed by atoms with E-state index in [2.05, 4.69) is 10.2 Å². The van der Waals surface area contributed by atoms with Crippen molar-refractivity contribution in [2.75, 3.05) is 11.9 Å². The van der Waals surface area contributed by atoms with E-state index in [0.29, 0.717) is 17.1 Å². The molecular formula is C18H17ClN2O3. The lowest BCUT2D eigenvalue weighted by molar-refractivity contribution is -0.135. The molecule has 0 heterocycles. The number of nitrogens with one attached hydrogen (secondary N) is 1. The van der Waals surface area contributed by atoms with Crippen LogP contribution in [0.5, 0.6) is 5.75 Å². The summed E-state index contributed by atoms with van der Waals surface area (Å²) in [6, 6.07) is 11.8. The van der Waals surface area contributed by atoms with Crippen LogP contribution in [-0.2, 0) is 4.79 Å². The summed E-state index contributed by atoms with van der Waals surface area (Å²) in [5.74, 6) is -0.0561. The van der Waals surface area contributed by atoms with Crippen LogP contribution in [0.15, 0.2) is 42.5 Å². The van der Waals surface area contributed by atoms with Crippen LogP contribution in [0, 0.1) is 13.5 Å². The van der Waals surface area contributed by atoms with Crippen LogP contribution in [-0.4, -0.2) is 23.2 Å². The highest BCUT2D eigenvalue weighted by Crippen LogP contribution is 2.28. The Hall–Kier alpha value is -2.55. The SMILES string of the molecule is Cc1ccc(OC[C@](C)(O)C(=O)Nc2ccc([15N+]#[13C-])c(Cl)c2)cc1. The predicted octanol–water partition coefficient (Wildman–Crippen LogP) is 3.97. The molecule has 0 aromatic heterocycles. The van der Waals surface area contributed by atoms with E-state index in [4.69, 9.17) is 22.9 Å². The number of aliphatic hydroxyl groups is 1. The fourth-order valence-corrected chi connectivity index (χ4v) is 2.09. The van der Waals surface area contributed by atoms with E-state index in [1.54, 1.807) is 18.2 Å². The summed E-state index contributed by atoms with van der Waals surface area (Å²) in [7, 11) is 0. The monoisotopic (exact) mass is 346 g/mol. The standard InChI is InChI=1S/C18H17ClN2O3/c1-12-4-7-14(8-5-12)24-11-18(2,23)17(22)21-13-6-9-16(20-3)15(19)10-13/h4-10,23H,11H2,1-2H3,(H,21,22)/t18-/m0/s1/i3+1,20+1. The molecule has 0 unspecified atom stereocenters. The summed E-state index contributed by atoms with van der Waals surface area (Å²) >= 11 is 5.93. The fourth-order valence-electron chi connectivity index (χ4n) is 1.86. The number of hydrogen-bond acceptors (Lipinski definition) is 3. The number of rotatable bonds is 5. The molecule has 0 saturated carbocycles. The largest absolute Gasteiger partial charge is 0.490 e. The van der Waals surface area contributed by atoms with Gasteiger partial charge in [0.25, 0.3) is 5.91 Å². The van der Waals surface area contributed by atoms with Gasteiger partial charge >= 0.3 is 0 Å². The van der Waals surface area contributed by atoms with E-state index < -0.39 is 11.5 Å². The van der Waals surface area contributed by atoms with Gasteiger partial charge in [0, 0.05) is 10.7 Å². The van der Waals surface area contributed by atoms with Crippen LogP contribution in [0.1, 0.15) is 12.5 Å². The number of hydrogen-bond donors (Lipinski definition) is 2. The van der Waals surface area contributed by atoms with Gasteiger partial charge in [-0.15, -0.1) is 0 Å². The highest BCUT2D eigenvalue weighted by Gasteiger charge is 2.31. The van der Waals surface area contributed by atoms with Crippen molar-refractivity contribution in [3.8, 4) is 5.75 Å². The molecule has 0 saturated heterocycles. The minimum Gasteiger partial charge on any atom is -0.490 e. The smallest absolute Gasteiger partial charge is 0.259 e. The van der Waals surface area contributed by atoms with E-state index in [0.717, 1.165) is 5.56 Å². The summed E-state index contributed by atoms with van der Waals surface area (Å²) in [6.45, 7) is 10.1. The second-order valence-electron chi connectivity index (χ2n) is 5.61. The number of ether oxygens (including phenoxy) is 1. The minimum atomic E-state index is -1.73. The third-order valence-electron chi connectivity index (χ3n) is 3.36. The molecule has 1 atom stereocenters. The molecule has 0 aliphatic carbocycles. The van der Waals surface area contributed by atoms with Gasteiger partial charge in [-0.1, -0.05) is 35.4 Å². The Morgan fingerprint density at radius 1 is 1.33 bits per heavy atom. The molecule has 2 rings (SSSR count). The molecular weight excluding hydrogens is 330 g/mol. The minimum absolute atomic E-state index is 0.199. The van der Waals surface area contributed by atoms with Crippen LogP contribution in [0.25, 0.3) is 4.85 Å². The Labute approximate surface area is 145 Å². The van der Waals surface area contributed by atoms with Crippen molar-refractivity contribution in [2.24, 2.45) is 0 Å². The molecule has 5 nitrogen and oxygen atoms in total. The molecule has 0 radical (unpaired) electrons. The zero-order valence-electron chi connectivity index (χ0n) is 13.3. The number of anilines is 1. The number of amides is 1. The van der Waals surface area contributed by atoms with E-state index in [-0.39, 0.29) is 11.6 Å². The third-order valence-corrected chi connectivity index (χ3v) is 3.66. The lowest BCUT2D eigenvalue weighted by Crippen LogP contribution is -2.45. The molecule has 0 spiro atoms. The second-order valence-corrected chi connectivity index (χ2v) is 6.01. The quantitative estimate of drug-likeness (QED) is 0.489. The molecule has 0 fully saturated rings. The number of carbonyl (C=O) groups is 1. The van der Waals surface area contributed by atoms with Gasteiger partial charge < -0.3 is 15.2 Å². The molecule has 24 heavy (non-hydrogen) atoms. The molecule has 2 N–H and O–H groups in total. The maximum Gasteiger partial charge on any atom is 0.259 e. The van der Waals surface area contributed by atoms with Crippen molar-refractivity contribution in [3.63, 3.8) is 0 Å². The van der Waals surface area contributed by atoms with Crippen molar-refractivity contribution in [3.05, 3.63) is 64.5 Å². The Kier molecular flexibility index (Phi) is 5.45. The lowest BCUT2D eigenvalue weighted by atomic mass is 10.1. The van der Waals surface area contributed by atoms with Gasteiger partial charge in [-0.25, -0.2) is 4.85 Å². The lowest BCUT2D eigenvalue weighted by Gasteiger charge is -2.22. The summed E-state index contributed by atoms with van der Waals surface area (Å²) < 4.78 is 5.47. The number of benzene rings is 2. The molecule has 0 bridgehead atoms. The average Bonchev–Trinajstić information content (AvgIpc) is 2.54. The van der Waals surface area contributed by atoms with Crippen molar-refractivity contribution in [1.29, 1.82) is 0 Å². The van der Waals surface area contributed by atoms with Crippen LogP contribution in [0.3, 0.4) is 0 Å². The van der Waals surface area contributed by atoms with Gasteiger partial charge in [-0.05, 0) is 38.1 Å². The zero-order chi connectivity index (χ0) is 17.7. The van der Waals surface area contributed by atoms with Crippen LogP contribution in [0.4, 0.5) is 11.4 Å². The van der Waals surface area contributed by atoms with E-state index in [1.807, 2.05) is 19.1 Å². The molecule has 124 valence electrons. The summed E-state index contributed by atoms with van der Waals surface area (Å²) in [5.41, 5.74) is 0.0549. The molecule has 6 heteroatoms. The Morgan fingerprint density at radius 3 is 2.58 bits per heavy atom. The molecule has 0 aliphatic rings. The van der Waals surface area contributed by atoms with Gasteiger partial charge in [0.1, 0.15) is 12.4 Å². The summed E-state index contributed by atoms with van der Waals surface area (Å²) in [6.07, 6.45) is 0. The van der Waals surface area contributed by atoms with Crippen molar-refractivity contribution in [1.82, 2.24) is 0 Å². The van der Waals surface area contributed by atoms with Gasteiger partial charge in [-0.3, -0.25) is 4.79 Å². The van der Waals surface area contributed by atoms with Gasteiger partial charge in [-0.2, -0.15) is 0 Å². The summed E-state index contributed by atoms with van der Waals surface area (Å²) in [4.78, 5) is 15.5. The Morgan fingerprint density at radius 2 is 2.00 bits per heavy atom. The molecule has 1 amide bonds. The van der Waals surface area contributed by atoms with Crippen LogP contribution in [0.2, 0.25) is 5.02 Å². The number of aryl methyl sites for hydroxylation is 1. The Bertz CT molecular complexity index is 780. The molecule has 2 aromatic rings. The average molecular weight is 347 g/mol. The first-order chi connectivity index (χ1) is 11.3. The third kappa shape index (κ3) is 4.48. The number of carbonyl (C=O) groups excluding carboxylic acids is 1. The fraction of sp³-hybridized carbons (Fsp3) is 0.222. The van der Waals surface area contributed by atoms with Crippen molar-refractivity contribution < 1.29 is 14.6 Å². The van der Waals surface area contributed by atoms with Crippen LogP contribution < -0.4 is 10.1 Å². The van der Waals surface area contributed by atoms with E-state index >= 15 is 0 Å². The van der Waals surface area contributed by atoms with Gasteiger partial charge in [0.15, 0.2) is 5.60 Å². The maximum atomic E-state index is 12.2. The normalized spacial score (nSPS) is 12.8.